The number of hydrogen-bond acceptors (Lipinski definition) is 6. The Bertz CT molecular complexity index is 1270. The average molecular weight is 467 g/mol. The van der Waals surface area contributed by atoms with Crippen LogP contribution in [0.5, 0.6) is 5.75 Å². The molecule has 3 aromatic rings. The molecule has 7 nitrogen and oxygen atoms in total. The number of amides is 1. The zero-order chi connectivity index (χ0) is 23.7. The lowest BCUT2D eigenvalue weighted by atomic mass is 9.98. The number of halogens is 1. The van der Waals surface area contributed by atoms with Gasteiger partial charge in [0.2, 0.25) is 5.76 Å². The highest BCUT2D eigenvalue weighted by Crippen LogP contribution is 2.39. The van der Waals surface area contributed by atoms with E-state index in [-0.39, 0.29) is 33.6 Å². The fourth-order valence-electron chi connectivity index (χ4n) is 4.80. The summed E-state index contributed by atoms with van der Waals surface area (Å²) in [6.07, 6.45) is 0.740. The first-order chi connectivity index (χ1) is 16.6. The van der Waals surface area contributed by atoms with Crippen molar-refractivity contribution in [3.63, 3.8) is 0 Å². The maximum Gasteiger partial charge on any atom is 0.290 e. The van der Waals surface area contributed by atoms with Gasteiger partial charge in [0.25, 0.3) is 5.91 Å². The van der Waals surface area contributed by atoms with Crippen LogP contribution in [0.15, 0.2) is 51.7 Å². The Morgan fingerprint density at radius 2 is 1.91 bits per heavy atom. The minimum Gasteiger partial charge on any atom is -0.494 e. The van der Waals surface area contributed by atoms with E-state index in [1.54, 1.807) is 4.90 Å². The Labute approximate surface area is 196 Å². The molecule has 34 heavy (non-hydrogen) atoms. The van der Waals surface area contributed by atoms with E-state index in [0.29, 0.717) is 32.1 Å². The average Bonchev–Trinajstić information content (AvgIpc) is 3.13. The predicted molar refractivity (Wildman–Crippen MR) is 125 cm³/mol. The largest absolute Gasteiger partial charge is 0.494 e. The highest BCUT2D eigenvalue weighted by atomic mass is 19.1. The van der Waals surface area contributed by atoms with Gasteiger partial charge in [-0.25, -0.2) is 4.39 Å². The molecule has 2 aliphatic heterocycles. The molecular weight excluding hydrogens is 439 g/mol. The first kappa shape index (κ1) is 22.6. The first-order valence-electron chi connectivity index (χ1n) is 11.7. The van der Waals surface area contributed by atoms with Crippen LogP contribution >= 0.6 is 0 Å². The Hall–Kier alpha value is -3.23. The van der Waals surface area contributed by atoms with Gasteiger partial charge in [-0.3, -0.25) is 14.5 Å². The second-order valence-electron chi connectivity index (χ2n) is 8.53. The zero-order valence-electron chi connectivity index (χ0n) is 19.1. The zero-order valence-corrected chi connectivity index (χ0v) is 19.1. The SMILES string of the molecule is CCOc1cccc(C2c3c(oc4ccc(F)cc4c3=O)C(=O)N2CCCN2CCOCC2)c1. The summed E-state index contributed by atoms with van der Waals surface area (Å²) in [5, 5.41) is 0.132. The van der Waals surface area contributed by atoms with Gasteiger partial charge in [-0.2, -0.15) is 0 Å². The third kappa shape index (κ3) is 4.19. The molecule has 0 spiro atoms. The van der Waals surface area contributed by atoms with Crippen molar-refractivity contribution >= 4 is 16.9 Å². The molecule has 1 amide bonds. The van der Waals surface area contributed by atoms with Crippen molar-refractivity contribution in [3.05, 3.63) is 75.4 Å². The summed E-state index contributed by atoms with van der Waals surface area (Å²) >= 11 is 0. The number of ether oxygens (including phenoxy) is 2. The highest BCUT2D eigenvalue weighted by Gasteiger charge is 2.42. The first-order valence-corrected chi connectivity index (χ1v) is 11.7. The minimum absolute atomic E-state index is 0.0299. The lowest BCUT2D eigenvalue weighted by Crippen LogP contribution is -2.38. The Morgan fingerprint density at radius 1 is 1.09 bits per heavy atom. The van der Waals surface area contributed by atoms with Crippen LogP contribution in [0.4, 0.5) is 4.39 Å². The van der Waals surface area contributed by atoms with Crippen LogP contribution in [0.3, 0.4) is 0 Å². The monoisotopic (exact) mass is 466 g/mol. The topological polar surface area (TPSA) is 72.2 Å². The summed E-state index contributed by atoms with van der Waals surface area (Å²) in [4.78, 5) is 31.0. The number of hydrogen-bond donors (Lipinski definition) is 0. The molecule has 8 heteroatoms. The van der Waals surface area contributed by atoms with Gasteiger partial charge in [-0.05, 0) is 49.2 Å². The molecule has 1 atom stereocenters. The number of nitrogens with zero attached hydrogens (tertiary/aromatic N) is 2. The quantitative estimate of drug-likeness (QED) is 0.530. The van der Waals surface area contributed by atoms with E-state index in [1.807, 2.05) is 31.2 Å². The maximum absolute atomic E-state index is 13.9. The van der Waals surface area contributed by atoms with Crippen LogP contribution in [0.2, 0.25) is 0 Å². The molecule has 0 saturated carbocycles. The molecule has 1 saturated heterocycles. The number of rotatable bonds is 7. The molecule has 2 aliphatic rings. The van der Waals surface area contributed by atoms with E-state index in [9.17, 15) is 14.0 Å². The molecule has 1 unspecified atom stereocenters. The van der Waals surface area contributed by atoms with Gasteiger partial charge in [0, 0.05) is 26.2 Å². The summed E-state index contributed by atoms with van der Waals surface area (Å²) < 4.78 is 30.9. The number of carbonyl (C=O) groups is 1. The van der Waals surface area contributed by atoms with Crippen LogP contribution in [-0.2, 0) is 4.74 Å². The number of benzene rings is 2. The van der Waals surface area contributed by atoms with Gasteiger partial charge in [0.05, 0.1) is 36.8 Å². The van der Waals surface area contributed by atoms with Crippen molar-refractivity contribution in [2.24, 2.45) is 0 Å². The second kappa shape index (κ2) is 9.56. The van der Waals surface area contributed by atoms with Crippen LogP contribution in [0.1, 0.15) is 41.1 Å². The molecule has 0 N–H and O–H groups in total. The van der Waals surface area contributed by atoms with Crippen LogP contribution < -0.4 is 10.2 Å². The second-order valence-corrected chi connectivity index (χ2v) is 8.53. The third-order valence-electron chi connectivity index (χ3n) is 6.39. The van der Waals surface area contributed by atoms with Crippen LogP contribution in [0, 0.1) is 5.82 Å². The molecule has 2 aromatic carbocycles. The summed E-state index contributed by atoms with van der Waals surface area (Å²) in [5.74, 6) is -0.166. The van der Waals surface area contributed by atoms with Crippen LogP contribution in [-0.4, -0.2) is 61.7 Å². The van der Waals surface area contributed by atoms with E-state index in [1.165, 1.54) is 18.2 Å². The molecule has 1 aromatic heterocycles. The summed E-state index contributed by atoms with van der Waals surface area (Å²) in [7, 11) is 0. The van der Waals surface area contributed by atoms with Crippen molar-refractivity contribution in [3.8, 4) is 5.75 Å². The molecule has 5 rings (SSSR count). The van der Waals surface area contributed by atoms with Gasteiger partial charge in [-0.1, -0.05) is 12.1 Å². The van der Waals surface area contributed by atoms with E-state index in [2.05, 4.69) is 4.90 Å². The Morgan fingerprint density at radius 3 is 2.71 bits per heavy atom. The molecule has 178 valence electrons. The van der Waals surface area contributed by atoms with Gasteiger partial charge in [0.15, 0.2) is 5.43 Å². The maximum atomic E-state index is 13.9. The normalized spacial score (nSPS) is 18.5. The van der Waals surface area contributed by atoms with E-state index >= 15 is 0 Å². The summed E-state index contributed by atoms with van der Waals surface area (Å²) in [5.41, 5.74) is 0.831. The highest BCUT2D eigenvalue weighted by molar-refractivity contribution is 5.99. The molecule has 0 bridgehead atoms. The standard InChI is InChI=1S/C26H27FN2O5/c1-2-33-19-6-3-5-17(15-19)23-22-24(30)20-16-18(27)7-8-21(20)34-25(22)26(31)29(23)10-4-9-28-11-13-32-14-12-28/h3,5-8,15-16,23H,2,4,9-14H2,1H3. The van der Waals surface area contributed by atoms with Gasteiger partial charge < -0.3 is 18.8 Å². The molecule has 3 heterocycles. The lowest BCUT2D eigenvalue weighted by Gasteiger charge is -2.29. The van der Waals surface area contributed by atoms with Gasteiger partial charge in [-0.15, -0.1) is 0 Å². The van der Waals surface area contributed by atoms with Crippen molar-refractivity contribution in [1.82, 2.24) is 9.80 Å². The van der Waals surface area contributed by atoms with Crippen molar-refractivity contribution in [2.75, 3.05) is 46.0 Å². The van der Waals surface area contributed by atoms with E-state index in [0.717, 1.165) is 31.6 Å². The van der Waals surface area contributed by atoms with E-state index < -0.39 is 11.9 Å². The van der Waals surface area contributed by atoms with Crippen molar-refractivity contribution in [2.45, 2.75) is 19.4 Å². The number of carbonyl (C=O) groups excluding carboxylic acids is 1. The van der Waals surface area contributed by atoms with Crippen molar-refractivity contribution < 1.29 is 23.1 Å². The van der Waals surface area contributed by atoms with Gasteiger partial charge >= 0.3 is 0 Å². The molecular formula is C26H27FN2O5. The van der Waals surface area contributed by atoms with Crippen molar-refractivity contribution in [1.29, 1.82) is 0 Å². The fraction of sp³-hybridized carbons (Fsp3) is 0.385. The van der Waals surface area contributed by atoms with Crippen LogP contribution in [0.25, 0.3) is 11.0 Å². The fourth-order valence-corrected chi connectivity index (χ4v) is 4.80. The summed E-state index contributed by atoms with van der Waals surface area (Å²) in [6.45, 7) is 6.83. The lowest BCUT2D eigenvalue weighted by molar-refractivity contribution is 0.0353. The van der Waals surface area contributed by atoms with Gasteiger partial charge in [0.1, 0.15) is 17.1 Å². The Kier molecular flexibility index (Phi) is 6.34. The predicted octanol–water partition coefficient (Wildman–Crippen LogP) is 3.60. The molecule has 0 radical (unpaired) electrons. The molecule has 0 aliphatic carbocycles. The third-order valence-corrected chi connectivity index (χ3v) is 6.39. The minimum atomic E-state index is -0.628. The Balaban J connectivity index is 1.54. The number of fused-ring (bicyclic) bond motifs is 2. The number of morpholine rings is 1. The molecule has 1 fully saturated rings. The summed E-state index contributed by atoms with van der Waals surface area (Å²) in [6, 6.07) is 10.6. The van der Waals surface area contributed by atoms with E-state index in [4.69, 9.17) is 13.9 Å². The smallest absolute Gasteiger partial charge is 0.290 e.